The van der Waals surface area contributed by atoms with E-state index in [1.807, 2.05) is 55.0 Å². The molecule has 1 unspecified atom stereocenters. The quantitative estimate of drug-likeness (QED) is 0.424. The maximum absolute atomic E-state index is 13.1. The standard InChI is InChI=1S/C28H28N4O2.W/c1-20-6-5-17-34-26-13-11-22(23-10-12-25(31-19-23)21-8-9-21)18-24(26)28(33)30-14-4-2-3-7-27-29-15-16-32(20)27;/h2-4,10-16,18-21H,5-6,8-9,17H2,1H3,(H,30,33);. The molecule has 3 aromatic rings. The molecule has 5 rings (SSSR count). The van der Waals surface area contributed by atoms with Crippen molar-refractivity contribution in [3.63, 3.8) is 0 Å². The van der Waals surface area contributed by atoms with Gasteiger partial charge in [0, 0.05) is 11.6 Å². The SMILES string of the molecule is CC1CCCOc2ccc(-c3ccc(C4CC4)nc3)cc2C(=O)NC=CC=C[C](=[W])c2nccn21. The second-order valence-corrected chi connectivity index (χ2v) is 10.6. The van der Waals surface area contributed by atoms with E-state index in [1.54, 1.807) is 6.20 Å². The maximum atomic E-state index is 13.1. The van der Waals surface area contributed by atoms with Gasteiger partial charge in [0.05, 0.1) is 0 Å². The van der Waals surface area contributed by atoms with Crippen LogP contribution in [0.25, 0.3) is 11.1 Å². The molecule has 1 aliphatic heterocycles. The van der Waals surface area contributed by atoms with Crippen LogP contribution in [-0.4, -0.2) is 30.9 Å². The summed E-state index contributed by atoms with van der Waals surface area (Å²) < 4.78 is 9.49. The number of nitrogens with one attached hydrogen (secondary N) is 1. The average molecular weight is 636 g/mol. The van der Waals surface area contributed by atoms with Crippen molar-refractivity contribution in [2.75, 3.05) is 6.61 Å². The normalized spacial score (nSPS) is 18.9. The number of aromatic nitrogens is 3. The summed E-state index contributed by atoms with van der Waals surface area (Å²) in [5, 5.41) is 2.88. The van der Waals surface area contributed by atoms with Crippen LogP contribution in [0.4, 0.5) is 0 Å². The van der Waals surface area contributed by atoms with Gasteiger partial charge in [-0.25, -0.2) is 0 Å². The molecule has 1 aliphatic carbocycles. The first kappa shape index (κ1) is 23.6. The van der Waals surface area contributed by atoms with Crippen molar-refractivity contribution in [3.05, 3.63) is 90.4 Å². The van der Waals surface area contributed by atoms with Crippen LogP contribution in [-0.2, 0) is 19.4 Å². The van der Waals surface area contributed by atoms with Gasteiger partial charge in [-0.15, -0.1) is 0 Å². The number of carbonyl (C=O) groups excluding carboxylic acids is 1. The number of rotatable bonds is 2. The number of hydrogen-bond donors (Lipinski definition) is 1. The van der Waals surface area contributed by atoms with E-state index in [2.05, 4.69) is 38.9 Å². The zero-order chi connectivity index (χ0) is 24.2. The van der Waals surface area contributed by atoms with Crippen molar-refractivity contribution in [1.82, 2.24) is 19.9 Å². The Morgan fingerprint density at radius 1 is 1.09 bits per heavy atom. The average Bonchev–Trinajstić information content (AvgIpc) is 3.61. The van der Waals surface area contributed by atoms with Crippen molar-refractivity contribution in [3.8, 4) is 16.9 Å². The molecule has 0 saturated heterocycles. The van der Waals surface area contributed by atoms with Gasteiger partial charge >= 0.3 is 182 Å². The molecule has 1 amide bonds. The van der Waals surface area contributed by atoms with E-state index in [-0.39, 0.29) is 5.91 Å². The molecule has 1 aromatic carbocycles. The zero-order valence-corrected chi connectivity index (χ0v) is 22.6. The number of hydrogen-bond acceptors (Lipinski definition) is 4. The number of amides is 1. The Hall–Kier alpha value is -3.11. The summed E-state index contributed by atoms with van der Waals surface area (Å²) in [6.07, 6.45) is 17.5. The Labute approximate surface area is 216 Å². The number of fused-ring (bicyclic) bond motifs is 2. The van der Waals surface area contributed by atoms with Gasteiger partial charge in [0.25, 0.3) is 0 Å². The Morgan fingerprint density at radius 3 is 2.74 bits per heavy atom. The molecule has 0 bridgehead atoms. The Bertz CT molecular complexity index is 1290. The van der Waals surface area contributed by atoms with Crippen molar-refractivity contribution >= 4 is 9.81 Å². The van der Waals surface area contributed by atoms with Crippen LogP contribution >= 0.6 is 0 Å². The van der Waals surface area contributed by atoms with E-state index in [0.717, 1.165) is 39.4 Å². The van der Waals surface area contributed by atoms with Crippen LogP contribution in [0.5, 0.6) is 5.75 Å². The molecule has 1 N–H and O–H groups in total. The van der Waals surface area contributed by atoms with Crippen molar-refractivity contribution in [2.45, 2.75) is 44.6 Å². The summed E-state index contributed by atoms with van der Waals surface area (Å²) in [5.41, 5.74) is 3.62. The van der Waals surface area contributed by atoms with E-state index in [9.17, 15) is 4.79 Å². The van der Waals surface area contributed by atoms with Gasteiger partial charge in [0.1, 0.15) is 0 Å². The minimum absolute atomic E-state index is 0.198. The van der Waals surface area contributed by atoms with E-state index < -0.39 is 0 Å². The molecular formula is C28H28N4O2W. The van der Waals surface area contributed by atoms with Crippen LogP contribution < -0.4 is 10.1 Å². The second kappa shape index (κ2) is 10.7. The number of ether oxygens (including phenoxy) is 1. The van der Waals surface area contributed by atoms with Crippen LogP contribution in [0.2, 0.25) is 0 Å². The van der Waals surface area contributed by atoms with Gasteiger partial charge in [-0.05, 0) is 18.9 Å². The number of pyridine rings is 1. The predicted molar refractivity (Wildman–Crippen MR) is 133 cm³/mol. The summed E-state index contributed by atoms with van der Waals surface area (Å²) in [6, 6.07) is 10.3. The van der Waals surface area contributed by atoms with Gasteiger partial charge in [-0.1, -0.05) is 0 Å². The van der Waals surface area contributed by atoms with Crippen molar-refractivity contribution in [2.24, 2.45) is 0 Å². The summed E-state index contributed by atoms with van der Waals surface area (Å²) in [4.78, 5) is 22.3. The number of imidazole rings is 1. The topological polar surface area (TPSA) is 69.0 Å². The zero-order valence-electron chi connectivity index (χ0n) is 19.7. The van der Waals surface area contributed by atoms with E-state index in [1.165, 1.54) is 32.2 Å². The molecule has 1 fully saturated rings. The third-order valence-corrected chi connectivity index (χ3v) is 7.54. The number of carbonyl (C=O) groups is 1. The Balaban J connectivity index is 1.40. The van der Waals surface area contributed by atoms with Crippen LogP contribution in [0.3, 0.4) is 0 Å². The third kappa shape index (κ3) is 5.59. The van der Waals surface area contributed by atoms with E-state index >= 15 is 0 Å². The van der Waals surface area contributed by atoms with Crippen molar-refractivity contribution < 1.29 is 28.9 Å². The number of allylic oxidation sites excluding steroid dienone is 3. The first-order valence-electron chi connectivity index (χ1n) is 12.0. The van der Waals surface area contributed by atoms with Crippen LogP contribution in [0.1, 0.15) is 66.4 Å². The fraction of sp³-hybridized carbons (Fsp3) is 0.286. The molecule has 3 heterocycles. The number of benzene rings is 1. The molecule has 7 heteroatoms. The summed E-state index contributed by atoms with van der Waals surface area (Å²) in [6.45, 7) is 2.74. The summed E-state index contributed by atoms with van der Waals surface area (Å²) >= 11 is 1.35. The monoisotopic (exact) mass is 636 g/mol. The van der Waals surface area contributed by atoms with E-state index in [4.69, 9.17) is 4.74 Å². The molecule has 35 heavy (non-hydrogen) atoms. The molecule has 0 spiro atoms. The first-order chi connectivity index (χ1) is 17.1. The van der Waals surface area contributed by atoms with Gasteiger partial charge in [-0.2, -0.15) is 0 Å². The summed E-state index contributed by atoms with van der Waals surface area (Å²) in [7, 11) is 0. The Morgan fingerprint density at radius 2 is 1.94 bits per heavy atom. The molecule has 2 aliphatic rings. The molecule has 0 radical (unpaired) electrons. The van der Waals surface area contributed by atoms with Crippen molar-refractivity contribution in [1.29, 1.82) is 0 Å². The van der Waals surface area contributed by atoms with Gasteiger partial charge < -0.3 is 0 Å². The molecule has 1 saturated carbocycles. The molecule has 6 nitrogen and oxygen atoms in total. The van der Waals surface area contributed by atoms with Crippen LogP contribution in [0.15, 0.2) is 73.4 Å². The minimum atomic E-state index is -0.198. The van der Waals surface area contributed by atoms with Gasteiger partial charge in [0.15, 0.2) is 0 Å². The van der Waals surface area contributed by atoms with E-state index in [0.29, 0.717) is 29.9 Å². The molecule has 2 aromatic heterocycles. The predicted octanol–water partition coefficient (Wildman–Crippen LogP) is 5.12. The van der Waals surface area contributed by atoms with Gasteiger partial charge in [-0.3, -0.25) is 4.98 Å². The van der Waals surface area contributed by atoms with Crippen LogP contribution in [0, 0.1) is 0 Å². The fourth-order valence-corrected chi connectivity index (χ4v) is 5.09. The fourth-order valence-electron chi connectivity index (χ4n) is 4.24. The second-order valence-electron chi connectivity index (χ2n) is 9.01. The molecule has 178 valence electrons. The van der Waals surface area contributed by atoms with Gasteiger partial charge in [0.2, 0.25) is 0 Å². The molecule has 1 atom stereocenters. The molecular weight excluding hydrogens is 608 g/mol. The first-order valence-corrected chi connectivity index (χ1v) is 13.5. The third-order valence-electron chi connectivity index (χ3n) is 6.40. The summed E-state index contributed by atoms with van der Waals surface area (Å²) in [5.74, 6) is 2.00. The Kier molecular flexibility index (Phi) is 7.19. The number of nitrogens with zero attached hydrogens (tertiary/aromatic N) is 3.